The third-order valence-electron chi connectivity index (χ3n) is 3.64. The van der Waals surface area contributed by atoms with Crippen molar-refractivity contribution in [2.24, 2.45) is 0 Å². The molecule has 3 N–H and O–H groups in total. The van der Waals surface area contributed by atoms with Crippen molar-refractivity contribution in [2.45, 2.75) is 12.8 Å². The van der Waals surface area contributed by atoms with Crippen molar-refractivity contribution in [3.63, 3.8) is 0 Å². The van der Waals surface area contributed by atoms with Crippen molar-refractivity contribution < 1.29 is 18.0 Å². The molecule has 1 aliphatic heterocycles. The monoisotopic (exact) mass is 366 g/mol. The van der Waals surface area contributed by atoms with Gasteiger partial charge in [0.2, 0.25) is 15.9 Å². The van der Waals surface area contributed by atoms with Gasteiger partial charge in [-0.2, -0.15) is 0 Å². The molecule has 0 saturated carbocycles. The molecule has 8 nitrogen and oxygen atoms in total. The summed E-state index contributed by atoms with van der Waals surface area (Å²) in [7, 11) is -3.38. The van der Waals surface area contributed by atoms with Crippen LogP contribution < -0.4 is 20.3 Å². The van der Waals surface area contributed by atoms with Gasteiger partial charge in [0.1, 0.15) is 0 Å². The van der Waals surface area contributed by atoms with Crippen molar-refractivity contribution in [2.75, 3.05) is 35.5 Å². The molecule has 1 aromatic carbocycles. The van der Waals surface area contributed by atoms with Crippen molar-refractivity contribution in [1.29, 1.82) is 0 Å². The first kappa shape index (κ1) is 18.8. The van der Waals surface area contributed by atoms with E-state index in [9.17, 15) is 18.0 Å². The molecule has 0 spiro atoms. The highest BCUT2D eigenvalue weighted by atomic mass is 32.2. The molecule has 9 heteroatoms. The van der Waals surface area contributed by atoms with Gasteiger partial charge in [0.05, 0.1) is 18.5 Å². The number of hydrogen-bond acceptors (Lipinski definition) is 5. The Hall–Kier alpha value is -2.55. The Kier molecular flexibility index (Phi) is 6.02. The number of benzene rings is 1. The van der Waals surface area contributed by atoms with E-state index in [4.69, 9.17) is 0 Å². The molecule has 0 fully saturated rings. The lowest BCUT2D eigenvalue weighted by Gasteiger charge is -2.31. The van der Waals surface area contributed by atoms with E-state index < -0.39 is 22.0 Å². The van der Waals surface area contributed by atoms with Crippen LogP contribution in [-0.2, 0) is 21.2 Å². The van der Waals surface area contributed by atoms with Gasteiger partial charge in [-0.25, -0.2) is 13.2 Å². The third-order valence-corrected chi connectivity index (χ3v) is 4.23. The molecule has 0 saturated heterocycles. The molecule has 136 valence electrons. The van der Waals surface area contributed by atoms with Crippen molar-refractivity contribution in [3.05, 3.63) is 36.4 Å². The van der Waals surface area contributed by atoms with Gasteiger partial charge < -0.3 is 10.2 Å². The van der Waals surface area contributed by atoms with E-state index >= 15 is 0 Å². The molecule has 3 amide bonds. The summed E-state index contributed by atoms with van der Waals surface area (Å²) in [6.07, 6.45) is 4.11. The fraction of sp³-hybridized carbons (Fsp3) is 0.375. The highest BCUT2D eigenvalue weighted by Gasteiger charge is 2.22. The molecule has 0 unspecified atom stereocenters. The summed E-state index contributed by atoms with van der Waals surface area (Å²) >= 11 is 0. The lowest BCUT2D eigenvalue weighted by atomic mass is 10.00. The molecule has 1 heterocycles. The fourth-order valence-electron chi connectivity index (χ4n) is 2.71. The van der Waals surface area contributed by atoms with Crippen LogP contribution in [0, 0.1) is 0 Å². The number of anilines is 2. The number of sulfonamides is 1. The van der Waals surface area contributed by atoms with Gasteiger partial charge in [-0.05, 0) is 30.5 Å². The maximum atomic E-state index is 12.1. The first-order chi connectivity index (χ1) is 11.8. The van der Waals surface area contributed by atoms with Gasteiger partial charge in [-0.1, -0.05) is 12.1 Å². The second kappa shape index (κ2) is 8.02. The van der Waals surface area contributed by atoms with Crippen LogP contribution in [0.25, 0.3) is 0 Å². The van der Waals surface area contributed by atoms with E-state index in [-0.39, 0.29) is 13.1 Å². The van der Waals surface area contributed by atoms with Gasteiger partial charge in [0.25, 0.3) is 0 Å². The molecule has 0 bridgehead atoms. The van der Waals surface area contributed by atoms with E-state index in [1.807, 2.05) is 11.0 Å². The predicted molar refractivity (Wildman–Crippen MR) is 97.2 cm³/mol. The molecule has 25 heavy (non-hydrogen) atoms. The minimum Gasteiger partial charge on any atom is -0.362 e. The Morgan fingerprint density at radius 3 is 2.80 bits per heavy atom. The lowest BCUT2D eigenvalue weighted by Crippen LogP contribution is -2.45. The topological polar surface area (TPSA) is 108 Å². The summed E-state index contributed by atoms with van der Waals surface area (Å²) in [6, 6.07) is 4.70. The summed E-state index contributed by atoms with van der Waals surface area (Å²) in [4.78, 5) is 25.4. The third kappa shape index (κ3) is 5.49. The molecule has 1 aliphatic rings. The summed E-state index contributed by atoms with van der Waals surface area (Å²) in [5.41, 5.74) is 2.17. The van der Waals surface area contributed by atoms with Crippen molar-refractivity contribution in [1.82, 2.24) is 10.6 Å². The molecular formula is C16H22N4O4S. The van der Waals surface area contributed by atoms with Gasteiger partial charge in [0.15, 0.2) is 0 Å². The fourth-order valence-corrected chi connectivity index (χ4v) is 3.30. The Morgan fingerprint density at radius 1 is 1.36 bits per heavy atom. The van der Waals surface area contributed by atoms with Gasteiger partial charge in [0, 0.05) is 18.8 Å². The molecule has 1 aromatic rings. The summed E-state index contributed by atoms with van der Waals surface area (Å²) in [5, 5.41) is 4.73. The first-order valence-electron chi connectivity index (χ1n) is 7.83. The second-order valence-corrected chi connectivity index (χ2v) is 7.50. The number of hydrogen-bond donors (Lipinski definition) is 3. The highest BCUT2D eigenvalue weighted by molar-refractivity contribution is 7.92. The minimum absolute atomic E-state index is 0.0108. The number of carbonyl (C=O) groups is 2. The average molecular weight is 366 g/mol. The minimum atomic E-state index is -3.38. The SMILES string of the molecule is C=CCNC(=O)NC(=O)CN1CCCc2c(NS(C)(=O)=O)cccc21. The Balaban J connectivity index is 2.11. The van der Waals surface area contributed by atoms with Crippen LogP contribution in [-0.4, -0.2) is 46.2 Å². The largest absolute Gasteiger partial charge is 0.362 e. The van der Waals surface area contributed by atoms with Crippen LogP contribution in [0.5, 0.6) is 0 Å². The number of carbonyl (C=O) groups excluding carboxylic acids is 2. The van der Waals surface area contributed by atoms with E-state index in [1.165, 1.54) is 6.08 Å². The Bertz CT molecular complexity index is 776. The molecule has 0 atom stereocenters. The molecular weight excluding hydrogens is 344 g/mol. The number of urea groups is 1. The smallest absolute Gasteiger partial charge is 0.321 e. The number of amides is 3. The van der Waals surface area contributed by atoms with Gasteiger partial charge >= 0.3 is 6.03 Å². The maximum Gasteiger partial charge on any atom is 0.321 e. The molecule has 0 aromatic heterocycles. The standard InChI is InChI=1S/C16H22N4O4S/c1-3-9-17-16(22)18-15(21)11-20-10-5-6-12-13(19-25(2,23)24)7-4-8-14(12)20/h3-4,7-8,19H,1,5-6,9-11H2,2H3,(H2,17,18,21,22). The highest BCUT2D eigenvalue weighted by Crippen LogP contribution is 2.33. The van der Waals surface area contributed by atoms with Gasteiger partial charge in [-0.3, -0.25) is 14.8 Å². The molecule has 0 radical (unpaired) electrons. The van der Waals surface area contributed by atoms with Crippen LogP contribution in [0.1, 0.15) is 12.0 Å². The van der Waals surface area contributed by atoms with Crippen molar-refractivity contribution in [3.8, 4) is 0 Å². The summed E-state index contributed by atoms with van der Waals surface area (Å²) < 4.78 is 25.5. The van der Waals surface area contributed by atoms with E-state index in [1.54, 1.807) is 12.1 Å². The van der Waals surface area contributed by atoms with Crippen LogP contribution in [0.2, 0.25) is 0 Å². The zero-order valence-corrected chi connectivity index (χ0v) is 14.9. The van der Waals surface area contributed by atoms with E-state index in [0.29, 0.717) is 18.7 Å². The number of rotatable bonds is 6. The van der Waals surface area contributed by atoms with Crippen LogP contribution in [0.3, 0.4) is 0 Å². The number of nitrogens with one attached hydrogen (secondary N) is 3. The summed E-state index contributed by atoms with van der Waals surface area (Å²) in [6.45, 7) is 4.41. The number of nitrogens with zero attached hydrogens (tertiary/aromatic N) is 1. The first-order valence-corrected chi connectivity index (χ1v) is 9.72. The van der Waals surface area contributed by atoms with Crippen molar-refractivity contribution >= 4 is 33.3 Å². The maximum absolute atomic E-state index is 12.1. The van der Waals surface area contributed by atoms with Crippen LogP contribution in [0.4, 0.5) is 16.2 Å². The van der Waals surface area contributed by atoms with E-state index in [0.717, 1.165) is 23.9 Å². The zero-order chi connectivity index (χ0) is 18.4. The second-order valence-electron chi connectivity index (χ2n) is 5.75. The van der Waals surface area contributed by atoms with Crippen LogP contribution >= 0.6 is 0 Å². The van der Waals surface area contributed by atoms with E-state index in [2.05, 4.69) is 21.9 Å². The quantitative estimate of drug-likeness (QED) is 0.646. The molecule has 0 aliphatic carbocycles. The summed E-state index contributed by atoms with van der Waals surface area (Å²) in [5.74, 6) is -0.434. The molecule has 2 rings (SSSR count). The number of imide groups is 1. The van der Waals surface area contributed by atoms with Crippen LogP contribution in [0.15, 0.2) is 30.9 Å². The average Bonchev–Trinajstić information content (AvgIpc) is 2.52. The van der Waals surface area contributed by atoms with Gasteiger partial charge in [-0.15, -0.1) is 6.58 Å². The zero-order valence-electron chi connectivity index (χ0n) is 14.0. The lowest BCUT2D eigenvalue weighted by molar-refractivity contribution is -0.118. The Labute approximate surface area is 147 Å². The Morgan fingerprint density at radius 2 is 2.12 bits per heavy atom. The number of fused-ring (bicyclic) bond motifs is 1. The normalized spacial score (nSPS) is 13.6. The predicted octanol–water partition coefficient (Wildman–Crippen LogP) is 0.823.